The minimum atomic E-state index is -0.267. The number of amides is 1. The Kier molecular flexibility index (Phi) is 5.19. The van der Waals surface area contributed by atoms with Gasteiger partial charge in [-0.05, 0) is 26.7 Å². The number of hydrogen-bond donors (Lipinski definition) is 1. The second kappa shape index (κ2) is 7.10. The van der Waals surface area contributed by atoms with Gasteiger partial charge in [0.2, 0.25) is 0 Å². The Morgan fingerprint density at radius 2 is 2.00 bits per heavy atom. The molecular formula is C14H22N4O3. The van der Waals surface area contributed by atoms with Gasteiger partial charge in [-0.2, -0.15) is 0 Å². The monoisotopic (exact) mass is 294 g/mol. The van der Waals surface area contributed by atoms with Gasteiger partial charge in [-0.25, -0.2) is 14.8 Å². The van der Waals surface area contributed by atoms with Gasteiger partial charge in [0.05, 0.1) is 13.2 Å². The summed E-state index contributed by atoms with van der Waals surface area (Å²) >= 11 is 0. The first-order valence-electron chi connectivity index (χ1n) is 7.17. The Hall–Kier alpha value is -2.05. The largest absolute Gasteiger partial charge is 0.472 e. The predicted molar refractivity (Wildman–Crippen MR) is 78.4 cm³/mol. The molecule has 21 heavy (non-hydrogen) atoms. The zero-order valence-electron chi connectivity index (χ0n) is 12.7. The molecule has 2 rings (SSSR count). The smallest absolute Gasteiger partial charge is 0.409 e. The summed E-state index contributed by atoms with van der Waals surface area (Å²) < 4.78 is 10.4. The summed E-state index contributed by atoms with van der Waals surface area (Å²) in [6.45, 7) is 5.25. The first-order valence-corrected chi connectivity index (χ1v) is 7.17. The maximum absolute atomic E-state index is 11.4. The van der Waals surface area contributed by atoms with Crippen molar-refractivity contribution in [3.63, 3.8) is 0 Å². The Bertz CT molecular complexity index is 473. The lowest BCUT2D eigenvalue weighted by Crippen LogP contribution is -2.42. The van der Waals surface area contributed by atoms with E-state index in [4.69, 9.17) is 9.47 Å². The van der Waals surface area contributed by atoms with Crippen LogP contribution in [0.4, 0.5) is 10.6 Å². The molecule has 0 saturated carbocycles. The van der Waals surface area contributed by atoms with Crippen molar-refractivity contribution in [3.05, 3.63) is 12.4 Å². The average molecular weight is 294 g/mol. The number of nitrogens with zero attached hydrogens (tertiary/aromatic N) is 3. The second-order valence-electron chi connectivity index (χ2n) is 5.25. The van der Waals surface area contributed by atoms with Gasteiger partial charge >= 0.3 is 6.09 Å². The third-order valence-electron chi connectivity index (χ3n) is 3.28. The van der Waals surface area contributed by atoms with Crippen molar-refractivity contribution in [2.45, 2.75) is 38.8 Å². The molecule has 1 N–H and O–H groups in total. The highest BCUT2D eigenvalue weighted by Gasteiger charge is 2.24. The van der Waals surface area contributed by atoms with Crippen molar-refractivity contribution < 1.29 is 14.3 Å². The van der Waals surface area contributed by atoms with E-state index in [0.717, 1.165) is 12.8 Å². The molecule has 0 atom stereocenters. The highest BCUT2D eigenvalue weighted by molar-refractivity contribution is 5.67. The quantitative estimate of drug-likeness (QED) is 0.914. The van der Waals surface area contributed by atoms with Gasteiger partial charge in [0.15, 0.2) is 5.82 Å². The van der Waals surface area contributed by atoms with Gasteiger partial charge in [0.1, 0.15) is 0 Å². The molecule has 7 heteroatoms. The Morgan fingerprint density at radius 3 is 2.62 bits per heavy atom. The summed E-state index contributed by atoms with van der Waals surface area (Å²) in [6, 6.07) is 0.247. The third-order valence-corrected chi connectivity index (χ3v) is 3.28. The Labute approximate surface area is 124 Å². The molecular weight excluding hydrogens is 272 g/mol. The normalized spacial score (nSPS) is 15.9. The van der Waals surface area contributed by atoms with Gasteiger partial charge < -0.3 is 19.7 Å². The first kappa shape index (κ1) is 15.3. The van der Waals surface area contributed by atoms with Crippen LogP contribution in [0, 0.1) is 0 Å². The lowest BCUT2D eigenvalue weighted by Gasteiger charge is -2.31. The molecule has 1 aliphatic heterocycles. The summed E-state index contributed by atoms with van der Waals surface area (Å²) in [7, 11) is 1.40. The summed E-state index contributed by atoms with van der Waals surface area (Å²) in [5.41, 5.74) is 0. The van der Waals surface area contributed by atoms with Crippen LogP contribution in [0.1, 0.15) is 26.7 Å². The van der Waals surface area contributed by atoms with Crippen molar-refractivity contribution in [1.82, 2.24) is 14.9 Å². The molecule has 1 aromatic rings. The van der Waals surface area contributed by atoms with Gasteiger partial charge in [0, 0.05) is 31.5 Å². The molecule has 116 valence electrons. The van der Waals surface area contributed by atoms with Crippen LogP contribution in [-0.2, 0) is 4.74 Å². The van der Waals surface area contributed by atoms with E-state index in [0.29, 0.717) is 24.8 Å². The molecule has 0 unspecified atom stereocenters. The van der Waals surface area contributed by atoms with Gasteiger partial charge in [-0.1, -0.05) is 0 Å². The number of hydrogen-bond acceptors (Lipinski definition) is 6. The molecule has 1 fully saturated rings. The van der Waals surface area contributed by atoms with E-state index in [2.05, 4.69) is 15.3 Å². The van der Waals surface area contributed by atoms with E-state index >= 15 is 0 Å². The van der Waals surface area contributed by atoms with E-state index in [1.807, 2.05) is 13.8 Å². The summed E-state index contributed by atoms with van der Waals surface area (Å²) in [5.74, 6) is 1.17. The maximum atomic E-state index is 11.4. The lowest BCUT2D eigenvalue weighted by atomic mass is 10.1. The zero-order valence-corrected chi connectivity index (χ0v) is 12.7. The molecule has 0 radical (unpaired) electrons. The van der Waals surface area contributed by atoms with E-state index in [9.17, 15) is 4.79 Å². The molecule has 2 heterocycles. The fourth-order valence-electron chi connectivity index (χ4n) is 2.26. The predicted octanol–water partition coefficient (Wildman–Crippen LogP) is 1.91. The molecule has 0 aliphatic carbocycles. The lowest BCUT2D eigenvalue weighted by molar-refractivity contribution is 0.113. The van der Waals surface area contributed by atoms with Crippen LogP contribution in [0.15, 0.2) is 12.4 Å². The fourth-order valence-corrected chi connectivity index (χ4v) is 2.26. The molecule has 1 aromatic heterocycles. The van der Waals surface area contributed by atoms with Gasteiger partial charge in [0.25, 0.3) is 5.88 Å². The molecule has 1 amide bonds. The SMILES string of the molecule is COC(=O)N1CCC(Nc2nccnc2OC(C)C)CC1. The average Bonchev–Trinajstić information content (AvgIpc) is 2.49. The number of carbonyl (C=O) groups excluding carboxylic acids is 1. The number of likely N-dealkylation sites (tertiary alicyclic amines) is 1. The van der Waals surface area contributed by atoms with Crippen LogP contribution in [0.5, 0.6) is 5.88 Å². The first-order chi connectivity index (χ1) is 10.1. The highest BCUT2D eigenvalue weighted by atomic mass is 16.5. The van der Waals surface area contributed by atoms with Crippen molar-refractivity contribution in [2.24, 2.45) is 0 Å². The molecule has 0 aromatic carbocycles. The molecule has 1 saturated heterocycles. The van der Waals surface area contributed by atoms with Crippen LogP contribution in [0.25, 0.3) is 0 Å². The molecule has 7 nitrogen and oxygen atoms in total. The van der Waals surface area contributed by atoms with Gasteiger partial charge in [-0.15, -0.1) is 0 Å². The fraction of sp³-hybridized carbons (Fsp3) is 0.643. The standard InChI is InChI=1S/C14H22N4O3/c1-10(2)21-13-12(15-6-7-16-13)17-11-4-8-18(9-5-11)14(19)20-3/h6-7,10-11H,4-5,8-9H2,1-3H3,(H,15,17). The number of aromatic nitrogens is 2. The van der Waals surface area contributed by atoms with Gasteiger partial charge in [-0.3, -0.25) is 0 Å². The molecule has 1 aliphatic rings. The summed E-state index contributed by atoms with van der Waals surface area (Å²) in [6.07, 6.45) is 4.71. The minimum Gasteiger partial charge on any atom is -0.472 e. The van der Waals surface area contributed by atoms with Crippen molar-refractivity contribution in [3.8, 4) is 5.88 Å². The van der Waals surface area contributed by atoms with Crippen LogP contribution in [-0.4, -0.2) is 53.3 Å². The number of nitrogens with one attached hydrogen (secondary N) is 1. The van der Waals surface area contributed by atoms with E-state index in [-0.39, 0.29) is 18.2 Å². The maximum Gasteiger partial charge on any atom is 0.409 e. The van der Waals surface area contributed by atoms with E-state index < -0.39 is 0 Å². The summed E-state index contributed by atoms with van der Waals surface area (Å²) in [5, 5.41) is 3.35. The topological polar surface area (TPSA) is 76.6 Å². The second-order valence-corrected chi connectivity index (χ2v) is 5.25. The number of rotatable bonds is 4. The number of carbonyl (C=O) groups is 1. The molecule has 0 bridgehead atoms. The summed E-state index contributed by atoms with van der Waals surface area (Å²) in [4.78, 5) is 21.7. The van der Waals surface area contributed by atoms with Crippen LogP contribution >= 0.6 is 0 Å². The number of ether oxygens (including phenoxy) is 2. The minimum absolute atomic E-state index is 0.0448. The van der Waals surface area contributed by atoms with Crippen LogP contribution in [0.2, 0.25) is 0 Å². The van der Waals surface area contributed by atoms with Crippen LogP contribution in [0.3, 0.4) is 0 Å². The Morgan fingerprint density at radius 1 is 1.33 bits per heavy atom. The van der Waals surface area contributed by atoms with Crippen molar-refractivity contribution in [1.29, 1.82) is 0 Å². The van der Waals surface area contributed by atoms with E-state index in [1.54, 1.807) is 17.3 Å². The zero-order chi connectivity index (χ0) is 15.2. The number of piperidine rings is 1. The Balaban J connectivity index is 1.93. The number of methoxy groups -OCH3 is 1. The van der Waals surface area contributed by atoms with Crippen molar-refractivity contribution in [2.75, 3.05) is 25.5 Å². The van der Waals surface area contributed by atoms with Crippen molar-refractivity contribution >= 4 is 11.9 Å². The highest BCUT2D eigenvalue weighted by Crippen LogP contribution is 2.22. The van der Waals surface area contributed by atoms with E-state index in [1.165, 1.54) is 7.11 Å². The number of anilines is 1. The third kappa shape index (κ3) is 4.21. The van der Waals surface area contributed by atoms with Crippen LogP contribution < -0.4 is 10.1 Å². The molecule has 0 spiro atoms.